The fourth-order valence-electron chi connectivity index (χ4n) is 5.00. The minimum absolute atomic E-state index is 0.205. The van der Waals surface area contributed by atoms with Gasteiger partial charge in [0.05, 0.1) is 5.69 Å². The second-order valence-electron chi connectivity index (χ2n) is 9.21. The summed E-state index contributed by atoms with van der Waals surface area (Å²) in [5.41, 5.74) is 2.43. The van der Waals surface area contributed by atoms with E-state index < -0.39 is 0 Å². The Bertz CT molecular complexity index is 737. The highest BCUT2D eigenvalue weighted by atomic mass is 19.1. The molecule has 1 heterocycles. The quantitative estimate of drug-likeness (QED) is 0.330. The van der Waals surface area contributed by atoms with Crippen molar-refractivity contribution < 1.29 is 4.39 Å². The van der Waals surface area contributed by atoms with E-state index in [-0.39, 0.29) is 5.82 Å². The van der Waals surface area contributed by atoms with Crippen molar-refractivity contribution >= 4 is 0 Å². The van der Waals surface area contributed by atoms with E-state index in [2.05, 4.69) is 16.9 Å². The monoisotopic (exact) mass is 410 g/mol. The molecule has 0 saturated heterocycles. The lowest BCUT2D eigenvalue weighted by Gasteiger charge is -2.28. The number of rotatable bonds is 12. The summed E-state index contributed by atoms with van der Waals surface area (Å²) in [7, 11) is 0. The first-order chi connectivity index (χ1) is 14.8. The minimum Gasteiger partial charge on any atom is -0.244 e. The van der Waals surface area contributed by atoms with E-state index in [1.54, 1.807) is 6.07 Å². The molecule has 0 aliphatic heterocycles. The van der Waals surface area contributed by atoms with Crippen LogP contribution in [0.15, 0.2) is 36.8 Å². The Morgan fingerprint density at radius 2 is 1.53 bits per heavy atom. The Labute approximate surface area is 182 Å². The van der Waals surface area contributed by atoms with Crippen molar-refractivity contribution in [3.8, 4) is 11.3 Å². The molecule has 1 aromatic carbocycles. The van der Waals surface area contributed by atoms with Crippen molar-refractivity contribution in [3.63, 3.8) is 0 Å². The summed E-state index contributed by atoms with van der Waals surface area (Å²) >= 11 is 0. The largest absolute Gasteiger partial charge is 0.244 e. The molecular formula is C27H39FN2. The van der Waals surface area contributed by atoms with Crippen LogP contribution in [0.1, 0.15) is 96.0 Å². The Balaban J connectivity index is 1.38. The van der Waals surface area contributed by atoms with Crippen LogP contribution < -0.4 is 0 Å². The fraction of sp³-hybridized carbons (Fsp3) is 0.630. The third kappa shape index (κ3) is 7.18. The lowest BCUT2D eigenvalue weighted by atomic mass is 9.77. The standard InChI is InChI=1S/C27H39FN2/c1-2-3-4-5-6-7-8-11-22-14-16-23(17-15-22)18-19-24-20-29-21-30-27(24)25-12-9-10-13-26(25)28/h9-10,12-13,20-23H,2-8,11,14-19H2,1H3. The van der Waals surface area contributed by atoms with Crippen LogP contribution in [0.5, 0.6) is 0 Å². The van der Waals surface area contributed by atoms with E-state index in [1.165, 1.54) is 95.9 Å². The second-order valence-corrected chi connectivity index (χ2v) is 9.21. The Kier molecular flexibility index (Phi) is 9.79. The SMILES string of the molecule is CCCCCCCCCC1CCC(CCc2cncnc2-c2ccccc2F)CC1. The first-order valence-corrected chi connectivity index (χ1v) is 12.3. The number of benzene rings is 1. The number of aryl methyl sites for hydroxylation is 1. The van der Waals surface area contributed by atoms with Gasteiger partial charge in [-0.1, -0.05) is 96.1 Å². The molecule has 1 aromatic heterocycles. The van der Waals surface area contributed by atoms with Crippen molar-refractivity contribution in [2.45, 2.75) is 96.8 Å². The maximum atomic E-state index is 14.2. The molecule has 30 heavy (non-hydrogen) atoms. The Morgan fingerprint density at radius 3 is 2.27 bits per heavy atom. The molecule has 0 spiro atoms. The lowest BCUT2D eigenvalue weighted by Crippen LogP contribution is -2.15. The molecule has 1 aliphatic carbocycles. The van der Waals surface area contributed by atoms with Gasteiger partial charge in [-0.05, 0) is 42.4 Å². The van der Waals surface area contributed by atoms with Crippen LogP contribution in [-0.4, -0.2) is 9.97 Å². The number of nitrogens with zero attached hydrogens (tertiary/aromatic N) is 2. The first-order valence-electron chi connectivity index (χ1n) is 12.3. The molecule has 1 fully saturated rings. The second kappa shape index (κ2) is 12.8. The third-order valence-corrected chi connectivity index (χ3v) is 6.92. The van der Waals surface area contributed by atoms with E-state index in [4.69, 9.17) is 0 Å². The number of hydrogen-bond donors (Lipinski definition) is 0. The molecule has 3 rings (SSSR count). The van der Waals surface area contributed by atoms with Crippen LogP contribution in [0.2, 0.25) is 0 Å². The predicted octanol–water partition coefficient (Wildman–Crippen LogP) is 8.16. The highest BCUT2D eigenvalue weighted by molar-refractivity contribution is 5.63. The van der Waals surface area contributed by atoms with E-state index in [9.17, 15) is 4.39 Å². The zero-order valence-corrected chi connectivity index (χ0v) is 18.8. The molecule has 1 aliphatic rings. The van der Waals surface area contributed by atoms with Crippen molar-refractivity contribution in [1.82, 2.24) is 9.97 Å². The zero-order chi connectivity index (χ0) is 21.0. The van der Waals surface area contributed by atoms with Gasteiger partial charge in [-0.15, -0.1) is 0 Å². The van der Waals surface area contributed by atoms with Gasteiger partial charge in [0, 0.05) is 11.8 Å². The van der Waals surface area contributed by atoms with E-state index in [1.807, 2.05) is 18.3 Å². The zero-order valence-electron chi connectivity index (χ0n) is 18.8. The fourth-order valence-corrected chi connectivity index (χ4v) is 5.00. The predicted molar refractivity (Wildman–Crippen MR) is 124 cm³/mol. The minimum atomic E-state index is -0.205. The van der Waals surface area contributed by atoms with E-state index in [0.29, 0.717) is 5.56 Å². The van der Waals surface area contributed by atoms with Crippen LogP contribution >= 0.6 is 0 Å². The lowest BCUT2D eigenvalue weighted by molar-refractivity contribution is 0.248. The van der Waals surface area contributed by atoms with Crippen LogP contribution in [0, 0.1) is 17.7 Å². The average molecular weight is 411 g/mol. The molecule has 164 valence electrons. The highest BCUT2D eigenvalue weighted by Crippen LogP contribution is 2.35. The van der Waals surface area contributed by atoms with Gasteiger partial charge >= 0.3 is 0 Å². The van der Waals surface area contributed by atoms with Gasteiger partial charge in [-0.2, -0.15) is 0 Å². The molecule has 2 aromatic rings. The van der Waals surface area contributed by atoms with Crippen molar-refractivity contribution in [2.75, 3.05) is 0 Å². The molecule has 0 radical (unpaired) electrons. The Hall–Kier alpha value is -1.77. The van der Waals surface area contributed by atoms with Gasteiger partial charge in [0.25, 0.3) is 0 Å². The molecule has 0 N–H and O–H groups in total. The first kappa shape index (κ1) is 22.9. The summed E-state index contributed by atoms with van der Waals surface area (Å²) in [4.78, 5) is 8.61. The van der Waals surface area contributed by atoms with Crippen LogP contribution in [0.25, 0.3) is 11.3 Å². The van der Waals surface area contributed by atoms with Crippen molar-refractivity contribution in [2.24, 2.45) is 11.8 Å². The van der Waals surface area contributed by atoms with E-state index in [0.717, 1.165) is 29.5 Å². The van der Waals surface area contributed by atoms with Gasteiger partial charge in [0.2, 0.25) is 0 Å². The van der Waals surface area contributed by atoms with Crippen molar-refractivity contribution in [3.05, 3.63) is 48.2 Å². The molecule has 0 atom stereocenters. The average Bonchev–Trinajstić information content (AvgIpc) is 2.78. The summed E-state index contributed by atoms with van der Waals surface area (Å²) < 4.78 is 14.2. The summed E-state index contributed by atoms with van der Waals surface area (Å²) in [6.45, 7) is 2.28. The van der Waals surface area contributed by atoms with E-state index >= 15 is 0 Å². The molecule has 1 saturated carbocycles. The number of aromatic nitrogens is 2. The highest BCUT2D eigenvalue weighted by Gasteiger charge is 2.21. The van der Waals surface area contributed by atoms with Crippen molar-refractivity contribution in [1.29, 1.82) is 0 Å². The topological polar surface area (TPSA) is 25.8 Å². The van der Waals surface area contributed by atoms with Crippen LogP contribution in [0.4, 0.5) is 4.39 Å². The molecular weight excluding hydrogens is 371 g/mol. The van der Waals surface area contributed by atoms with Crippen LogP contribution in [-0.2, 0) is 6.42 Å². The smallest absolute Gasteiger partial charge is 0.132 e. The molecule has 2 nitrogen and oxygen atoms in total. The maximum absolute atomic E-state index is 14.2. The Morgan fingerprint density at radius 1 is 0.867 bits per heavy atom. The molecule has 0 amide bonds. The maximum Gasteiger partial charge on any atom is 0.132 e. The number of unbranched alkanes of at least 4 members (excludes halogenated alkanes) is 6. The van der Waals surface area contributed by atoms with Gasteiger partial charge in [-0.3, -0.25) is 0 Å². The van der Waals surface area contributed by atoms with Gasteiger partial charge in [0.15, 0.2) is 0 Å². The third-order valence-electron chi connectivity index (χ3n) is 6.92. The molecule has 0 unspecified atom stereocenters. The summed E-state index contributed by atoms with van der Waals surface area (Å²) in [5, 5.41) is 0. The number of halogens is 1. The normalized spacial score (nSPS) is 19.1. The van der Waals surface area contributed by atoms with Gasteiger partial charge in [-0.25, -0.2) is 14.4 Å². The van der Waals surface area contributed by atoms with Crippen LogP contribution in [0.3, 0.4) is 0 Å². The molecule has 0 bridgehead atoms. The summed E-state index contributed by atoms with van der Waals surface area (Å²) in [6.07, 6.45) is 22.3. The molecule has 3 heteroatoms. The summed E-state index contributed by atoms with van der Waals surface area (Å²) in [5.74, 6) is 1.54. The van der Waals surface area contributed by atoms with Gasteiger partial charge < -0.3 is 0 Å². The summed E-state index contributed by atoms with van der Waals surface area (Å²) in [6, 6.07) is 6.92. The number of hydrogen-bond acceptors (Lipinski definition) is 2. The van der Waals surface area contributed by atoms with Gasteiger partial charge in [0.1, 0.15) is 12.1 Å².